The summed E-state index contributed by atoms with van der Waals surface area (Å²) in [6.45, 7) is 9.63. The lowest BCUT2D eigenvalue weighted by atomic mass is 10.0. The van der Waals surface area contributed by atoms with Crippen molar-refractivity contribution in [2.45, 2.75) is 46.1 Å². The Balaban J connectivity index is 1.60. The molecule has 1 aliphatic heterocycles. The van der Waals surface area contributed by atoms with E-state index in [9.17, 15) is 0 Å². The van der Waals surface area contributed by atoms with Gasteiger partial charge in [0.15, 0.2) is 11.7 Å². The molecule has 1 fully saturated rings. The minimum Gasteiger partial charge on any atom is -0.381 e. The van der Waals surface area contributed by atoms with Gasteiger partial charge in [0.05, 0.1) is 5.69 Å². The molecule has 0 amide bonds. The third-order valence-electron chi connectivity index (χ3n) is 4.16. The molecule has 25 heavy (non-hydrogen) atoms. The molecule has 0 radical (unpaired) electrons. The van der Waals surface area contributed by atoms with E-state index in [4.69, 9.17) is 14.0 Å². The number of nitrogens with one attached hydrogen (secondary N) is 2. The van der Waals surface area contributed by atoms with Crippen molar-refractivity contribution >= 4 is 5.96 Å². The number of aromatic nitrogens is 1. The lowest BCUT2D eigenvalue weighted by Crippen LogP contribution is -2.38. The summed E-state index contributed by atoms with van der Waals surface area (Å²) in [5.41, 5.74) is 0.963. The van der Waals surface area contributed by atoms with E-state index in [1.54, 1.807) is 0 Å². The summed E-state index contributed by atoms with van der Waals surface area (Å²) in [4.78, 5) is 4.53. The van der Waals surface area contributed by atoms with Crippen LogP contribution in [-0.2, 0) is 22.4 Å². The molecule has 142 valence electrons. The molecule has 0 aliphatic carbocycles. The van der Waals surface area contributed by atoms with Gasteiger partial charge in [0.1, 0.15) is 6.54 Å². The van der Waals surface area contributed by atoms with E-state index >= 15 is 0 Å². The average Bonchev–Trinajstić information content (AvgIpc) is 3.11. The molecule has 0 unspecified atom stereocenters. The van der Waals surface area contributed by atoms with Gasteiger partial charge in [-0.2, -0.15) is 0 Å². The van der Waals surface area contributed by atoms with Crippen LogP contribution in [-0.4, -0.2) is 50.6 Å². The van der Waals surface area contributed by atoms with Gasteiger partial charge in [-0.1, -0.05) is 12.1 Å². The van der Waals surface area contributed by atoms with Crippen molar-refractivity contribution < 1.29 is 14.0 Å². The topological polar surface area (TPSA) is 80.9 Å². The maximum absolute atomic E-state index is 5.78. The van der Waals surface area contributed by atoms with Crippen LogP contribution in [0.15, 0.2) is 15.6 Å². The highest BCUT2D eigenvalue weighted by molar-refractivity contribution is 5.79. The van der Waals surface area contributed by atoms with Crippen LogP contribution in [0.4, 0.5) is 0 Å². The lowest BCUT2D eigenvalue weighted by molar-refractivity contribution is 0.0203. The molecule has 0 bridgehead atoms. The first-order valence-electron chi connectivity index (χ1n) is 9.44. The van der Waals surface area contributed by atoms with E-state index in [0.717, 1.165) is 82.6 Å². The quantitative estimate of drug-likeness (QED) is 0.381. The van der Waals surface area contributed by atoms with Gasteiger partial charge in [0.25, 0.3) is 0 Å². The van der Waals surface area contributed by atoms with E-state index in [0.29, 0.717) is 12.5 Å². The summed E-state index contributed by atoms with van der Waals surface area (Å²) in [5.74, 6) is 2.24. The van der Waals surface area contributed by atoms with Crippen LogP contribution in [0.3, 0.4) is 0 Å². The Bertz CT molecular complexity index is 498. The molecule has 0 saturated carbocycles. The van der Waals surface area contributed by atoms with Gasteiger partial charge in [-0.05, 0) is 38.5 Å². The molecule has 2 heterocycles. The second kappa shape index (κ2) is 11.9. The maximum atomic E-state index is 5.78. The molecule has 1 saturated heterocycles. The first-order chi connectivity index (χ1) is 12.3. The van der Waals surface area contributed by atoms with Crippen molar-refractivity contribution in [2.75, 3.05) is 39.5 Å². The molecule has 2 rings (SSSR count). The molecule has 0 aromatic carbocycles. The minimum atomic E-state index is 0.489. The number of aryl methyl sites for hydroxylation is 1. The van der Waals surface area contributed by atoms with Crippen molar-refractivity contribution in [3.8, 4) is 0 Å². The third kappa shape index (κ3) is 7.88. The molecular formula is C18H32N4O3. The summed E-state index contributed by atoms with van der Waals surface area (Å²) < 4.78 is 16.4. The van der Waals surface area contributed by atoms with Gasteiger partial charge in [-0.3, -0.25) is 0 Å². The van der Waals surface area contributed by atoms with Crippen LogP contribution >= 0.6 is 0 Å². The number of hydrogen-bond acceptors (Lipinski definition) is 5. The molecule has 2 N–H and O–H groups in total. The number of rotatable bonds is 10. The minimum absolute atomic E-state index is 0.489. The molecule has 0 spiro atoms. The molecular weight excluding hydrogens is 320 g/mol. The Kier molecular flexibility index (Phi) is 9.36. The normalized spacial score (nSPS) is 16.2. The number of ether oxygens (including phenoxy) is 2. The van der Waals surface area contributed by atoms with Crippen molar-refractivity contribution in [3.63, 3.8) is 0 Å². The van der Waals surface area contributed by atoms with Gasteiger partial charge >= 0.3 is 0 Å². The first kappa shape index (κ1) is 19.7. The fourth-order valence-electron chi connectivity index (χ4n) is 2.64. The number of guanidine groups is 1. The van der Waals surface area contributed by atoms with E-state index in [1.165, 1.54) is 0 Å². The zero-order valence-electron chi connectivity index (χ0n) is 15.6. The standard InChI is InChI=1S/C18H32N4O3/c1-3-16-12-17(25-22-16)13-21-18(19-4-2)20-8-5-9-24-14-15-6-10-23-11-7-15/h12,15H,3-11,13-14H2,1-2H3,(H2,19,20,21). The van der Waals surface area contributed by atoms with Crippen LogP contribution in [0.2, 0.25) is 0 Å². The summed E-state index contributed by atoms with van der Waals surface area (Å²) in [6.07, 6.45) is 4.07. The maximum Gasteiger partial charge on any atom is 0.191 e. The highest BCUT2D eigenvalue weighted by Crippen LogP contribution is 2.14. The largest absolute Gasteiger partial charge is 0.381 e. The fourth-order valence-corrected chi connectivity index (χ4v) is 2.64. The zero-order chi connectivity index (χ0) is 17.7. The fraction of sp³-hybridized carbons (Fsp3) is 0.778. The smallest absolute Gasteiger partial charge is 0.191 e. The average molecular weight is 352 g/mol. The van der Waals surface area contributed by atoms with Crippen LogP contribution < -0.4 is 10.6 Å². The lowest BCUT2D eigenvalue weighted by Gasteiger charge is -2.21. The molecule has 1 aromatic rings. The molecule has 7 nitrogen and oxygen atoms in total. The van der Waals surface area contributed by atoms with Gasteiger partial charge in [-0.25, -0.2) is 4.99 Å². The highest BCUT2D eigenvalue weighted by atomic mass is 16.5. The molecule has 0 atom stereocenters. The van der Waals surface area contributed by atoms with Gasteiger partial charge in [0, 0.05) is 45.6 Å². The Morgan fingerprint density at radius 1 is 1.32 bits per heavy atom. The Labute approximate surface area is 150 Å². The van der Waals surface area contributed by atoms with Crippen molar-refractivity contribution in [1.29, 1.82) is 0 Å². The second-order valence-corrected chi connectivity index (χ2v) is 6.24. The van der Waals surface area contributed by atoms with Crippen LogP contribution in [0, 0.1) is 5.92 Å². The highest BCUT2D eigenvalue weighted by Gasteiger charge is 2.13. The van der Waals surface area contributed by atoms with Gasteiger partial charge in [0.2, 0.25) is 0 Å². The predicted molar refractivity (Wildman–Crippen MR) is 97.7 cm³/mol. The number of nitrogens with zero attached hydrogens (tertiary/aromatic N) is 2. The first-order valence-corrected chi connectivity index (χ1v) is 9.44. The Morgan fingerprint density at radius 2 is 2.16 bits per heavy atom. The van der Waals surface area contributed by atoms with Crippen LogP contribution in [0.1, 0.15) is 44.6 Å². The van der Waals surface area contributed by atoms with Crippen molar-refractivity contribution in [2.24, 2.45) is 10.9 Å². The van der Waals surface area contributed by atoms with Crippen LogP contribution in [0.5, 0.6) is 0 Å². The van der Waals surface area contributed by atoms with E-state index < -0.39 is 0 Å². The van der Waals surface area contributed by atoms with E-state index in [2.05, 4.69) is 34.6 Å². The Morgan fingerprint density at radius 3 is 2.88 bits per heavy atom. The van der Waals surface area contributed by atoms with E-state index in [-0.39, 0.29) is 0 Å². The van der Waals surface area contributed by atoms with Gasteiger partial charge < -0.3 is 24.6 Å². The third-order valence-corrected chi connectivity index (χ3v) is 4.16. The SMILES string of the molecule is CCNC(=NCc1cc(CC)no1)NCCCOCC1CCOCC1. The Hall–Kier alpha value is -1.60. The summed E-state index contributed by atoms with van der Waals surface area (Å²) in [7, 11) is 0. The van der Waals surface area contributed by atoms with Crippen molar-refractivity contribution in [1.82, 2.24) is 15.8 Å². The molecule has 1 aliphatic rings. The number of hydrogen-bond donors (Lipinski definition) is 2. The molecule has 1 aromatic heterocycles. The summed E-state index contributed by atoms with van der Waals surface area (Å²) in [6, 6.07) is 1.96. The summed E-state index contributed by atoms with van der Waals surface area (Å²) in [5, 5.41) is 10.5. The number of aliphatic imine (C=N–C) groups is 1. The monoisotopic (exact) mass is 352 g/mol. The zero-order valence-corrected chi connectivity index (χ0v) is 15.6. The molecule has 7 heteroatoms. The van der Waals surface area contributed by atoms with Gasteiger partial charge in [-0.15, -0.1) is 0 Å². The van der Waals surface area contributed by atoms with E-state index in [1.807, 2.05) is 6.07 Å². The summed E-state index contributed by atoms with van der Waals surface area (Å²) >= 11 is 0. The second-order valence-electron chi connectivity index (χ2n) is 6.24. The predicted octanol–water partition coefficient (Wildman–Crippen LogP) is 2.13. The van der Waals surface area contributed by atoms with Crippen LogP contribution in [0.25, 0.3) is 0 Å². The van der Waals surface area contributed by atoms with Crippen molar-refractivity contribution in [3.05, 3.63) is 17.5 Å².